The Hall–Kier alpha value is -1.06. The summed E-state index contributed by atoms with van der Waals surface area (Å²) in [5.41, 5.74) is 7.79. The SMILES string of the molecule is NCCn1c(C2CC2)nc2cc(Cl)ccc21. The lowest BCUT2D eigenvalue weighted by Gasteiger charge is -2.06. The maximum atomic E-state index is 5.98. The topological polar surface area (TPSA) is 43.8 Å². The summed E-state index contributed by atoms with van der Waals surface area (Å²) in [6.45, 7) is 1.48. The molecule has 1 aromatic heterocycles. The van der Waals surface area contributed by atoms with Crippen LogP contribution >= 0.6 is 11.6 Å². The van der Waals surface area contributed by atoms with Gasteiger partial charge < -0.3 is 10.3 Å². The van der Waals surface area contributed by atoms with Crippen LogP contribution in [0.25, 0.3) is 11.0 Å². The molecule has 2 aromatic rings. The van der Waals surface area contributed by atoms with E-state index in [1.54, 1.807) is 0 Å². The Morgan fingerprint density at radius 3 is 2.94 bits per heavy atom. The van der Waals surface area contributed by atoms with E-state index in [0.717, 1.165) is 22.6 Å². The monoisotopic (exact) mass is 235 g/mol. The van der Waals surface area contributed by atoms with Gasteiger partial charge >= 0.3 is 0 Å². The first-order valence-electron chi connectivity index (χ1n) is 5.65. The Bertz CT molecular complexity index is 528. The van der Waals surface area contributed by atoms with Crippen molar-refractivity contribution in [1.82, 2.24) is 9.55 Å². The Labute approximate surface area is 99.2 Å². The third-order valence-electron chi connectivity index (χ3n) is 3.04. The predicted molar refractivity (Wildman–Crippen MR) is 65.8 cm³/mol. The van der Waals surface area contributed by atoms with E-state index in [1.165, 1.54) is 18.7 Å². The average Bonchev–Trinajstić information content (AvgIpc) is 3.04. The Kier molecular flexibility index (Phi) is 2.37. The summed E-state index contributed by atoms with van der Waals surface area (Å²) in [6, 6.07) is 5.87. The van der Waals surface area contributed by atoms with Gasteiger partial charge in [-0.1, -0.05) is 11.6 Å². The molecule has 0 unspecified atom stereocenters. The molecule has 16 heavy (non-hydrogen) atoms. The molecule has 84 valence electrons. The summed E-state index contributed by atoms with van der Waals surface area (Å²) < 4.78 is 2.24. The third kappa shape index (κ3) is 1.60. The van der Waals surface area contributed by atoms with Gasteiger partial charge in [-0.3, -0.25) is 0 Å². The summed E-state index contributed by atoms with van der Waals surface area (Å²) in [7, 11) is 0. The molecule has 0 atom stereocenters. The van der Waals surface area contributed by atoms with E-state index in [9.17, 15) is 0 Å². The number of aromatic nitrogens is 2. The van der Waals surface area contributed by atoms with Crippen LogP contribution in [0.4, 0.5) is 0 Å². The van der Waals surface area contributed by atoms with E-state index in [0.29, 0.717) is 12.5 Å². The van der Waals surface area contributed by atoms with Crippen molar-refractivity contribution in [2.75, 3.05) is 6.54 Å². The number of benzene rings is 1. The molecule has 1 saturated carbocycles. The molecule has 0 aliphatic heterocycles. The van der Waals surface area contributed by atoms with E-state index in [4.69, 9.17) is 17.3 Å². The highest BCUT2D eigenvalue weighted by molar-refractivity contribution is 6.31. The lowest BCUT2D eigenvalue weighted by Crippen LogP contribution is -2.12. The quantitative estimate of drug-likeness (QED) is 0.889. The van der Waals surface area contributed by atoms with E-state index in [2.05, 4.69) is 9.55 Å². The van der Waals surface area contributed by atoms with E-state index < -0.39 is 0 Å². The summed E-state index contributed by atoms with van der Waals surface area (Å²) in [4.78, 5) is 4.68. The lowest BCUT2D eigenvalue weighted by molar-refractivity contribution is 0.680. The number of fused-ring (bicyclic) bond motifs is 1. The predicted octanol–water partition coefficient (Wildman–Crippen LogP) is 2.53. The van der Waals surface area contributed by atoms with Gasteiger partial charge in [0.1, 0.15) is 5.82 Å². The fourth-order valence-corrected chi connectivity index (χ4v) is 2.31. The van der Waals surface area contributed by atoms with Gasteiger partial charge in [0, 0.05) is 24.0 Å². The standard InChI is InChI=1S/C12H14ClN3/c13-9-3-4-11-10(7-9)15-12(8-1-2-8)16(11)6-5-14/h3-4,7-8H,1-2,5-6,14H2. The molecule has 1 heterocycles. The number of nitrogens with zero attached hydrogens (tertiary/aromatic N) is 2. The number of hydrogen-bond donors (Lipinski definition) is 1. The maximum Gasteiger partial charge on any atom is 0.113 e. The highest BCUT2D eigenvalue weighted by Gasteiger charge is 2.29. The molecule has 0 saturated heterocycles. The minimum Gasteiger partial charge on any atom is -0.329 e. The molecule has 1 aliphatic carbocycles. The minimum absolute atomic E-state index is 0.637. The first-order valence-corrected chi connectivity index (χ1v) is 6.03. The molecule has 3 rings (SSSR count). The zero-order valence-corrected chi connectivity index (χ0v) is 9.74. The minimum atomic E-state index is 0.637. The number of halogens is 1. The average molecular weight is 236 g/mol. The van der Waals surface area contributed by atoms with Crippen LogP contribution in [0.2, 0.25) is 5.02 Å². The van der Waals surface area contributed by atoms with E-state index >= 15 is 0 Å². The summed E-state index contributed by atoms with van der Waals surface area (Å²) in [6.07, 6.45) is 2.50. The number of nitrogens with two attached hydrogens (primary N) is 1. The van der Waals surface area contributed by atoms with Gasteiger partial charge in [-0.05, 0) is 31.0 Å². The highest BCUT2D eigenvalue weighted by Crippen LogP contribution is 2.40. The van der Waals surface area contributed by atoms with Crippen molar-refractivity contribution >= 4 is 22.6 Å². The smallest absolute Gasteiger partial charge is 0.113 e. The molecule has 4 heteroatoms. The van der Waals surface area contributed by atoms with Gasteiger partial charge in [-0.2, -0.15) is 0 Å². The van der Waals surface area contributed by atoms with Crippen LogP contribution in [0.15, 0.2) is 18.2 Å². The molecule has 1 fully saturated rings. The fraction of sp³-hybridized carbons (Fsp3) is 0.417. The van der Waals surface area contributed by atoms with E-state index in [-0.39, 0.29) is 0 Å². The van der Waals surface area contributed by atoms with E-state index in [1.807, 2.05) is 18.2 Å². The molecule has 0 bridgehead atoms. The van der Waals surface area contributed by atoms with Gasteiger partial charge in [-0.15, -0.1) is 0 Å². The van der Waals surface area contributed by atoms with Gasteiger partial charge in [0.2, 0.25) is 0 Å². The second-order valence-electron chi connectivity index (χ2n) is 4.32. The van der Waals surface area contributed by atoms with Crippen molar-refractivity contribution in [2.45, 2.75) is 25.3 Å². The van der Waals surface area contributed by atoms with Gasteiger partial charge in [0.05, 0.1) is 11.0 Å². The highest BCUT2D eigenvalue weighted by atomic mass is 35.5. The first-order chi connectivity index (χ1) is 7.79. The zero-order valence-electron chi connectivity index (χ0n) is 8.99. The zero-order chi connectivity index (χ0) is 11.1. The van der Waals surface area contributed by atoms with Gasteiger partial charge in [-0.25, -0.2) is 4.98 Å². The second-order valence-corrected chi connectivity index (χ2v) is 4.75. The van der Waals surface area contributed by atoms with Crippen LogP contribution in [0, 0.1) is 0 Å². The second kappa shape index (κ2) is 3.75. The Balaban J connectivity index is 2.19. The summed E-state index contributed by atoms with van der Waals surface area (Å²) in [5, 5.41) is 0.743. The first kappa shape index (κ1) is 10.1. The maximum absolute atomic E-state index is 5.98. The van der Waals surface area contributed by atoms with Crippen molar-refractivity contribution in [2.24, 2.45) is 5.73 Å². The summed E-state index contributed by atoms with van der Waals surface area (Å²) in [5.74, 6) is 1.82. The third-order valence-corrected chi connectivity index (χ3v) is 3.27. The van der Waals surface area contributed by atoms with Crippen LogP contribution in [0.3, 0.4) is 0 Å². The molecular weight excluding hydrogens is 222 g/mol. The van der Waals surface area contributed by atoms with Crippen molar-refractivity contribution in [3.8, 4) is 0 Å². The van der Waals surface area contributed by atoms with Gasteiger partial charge in [0.25, 0.3) is 0 Å². The molecule has 0 amide bonds. The summed E-state index contributed by atoms with van der Waals surface area (Å²) >= 11 is 5.98. The van der Waals surface area contributed by atoms with Crippen molar-refractivity contribution in [3.63, 3.8) is 0 Å². The Morgan fingerprint density at radius 2 is 2.25 bits per heavy atom. The molecule has 1 aromatic carbocycles. The molecule has 0 spiro atoms. The fourth-order valence-electron chi connectivity index (χ4n) is 2.14. The lowest BCUT2D eigenvalue weighted by atomic mass is 10.3. The van der Waals surface area contributed by atoms with Crippen molar-refractivity contribution in [1.29, 1.82) is 0 Å². The molecule has 3 nitrogen and oxygen atoms in total. The molecular formula is C12H14ClN3. The number of hydrogen-bond acceptors (Lipinski definition) is 2. The van der Waals surface area contributed by atoms with Crippen LogP contribution in [0.5, 0.6) is 0 Å². The normalized spacial score (nSPS) is 15.9. The van der Waals surface area contributed by atoms with Crippen LogP contribution in [-0.2, 0) is 6.54 Å². The van der Waals surface area contributed by atoms with Gasteiger partial charge in [0.15, 0.2) is 0 Å². The van der Waals surface area contributed by atoms with Crippen LogP contribution in [-0.4, -0.2) is 16.1 Å². The van der Waals surface area contributed by atoms with Crippen molar-refractivity contribution in [3.05, 3.63) is 29.0 Å². The molecule has 2 N–H and O–H groups in total. The Morgan fingerprint density at radius 1 is 1.44 bits per heavy atom. The van der Waals surface area contributed by atoms with Crippen molar-refractivity contribution < 1.29 is 0 Å². The largest absolute Gasteiger partial charge is 0.329 e. The molecule has 0 radical (unpaired) electrons. The molecule has 1 aliphatic rings. The number of imidazole rings is 1. The number of rotatable bonds is 3. The van der Waals surface area contributed by atoms with Crippen LogP contribution < -0.4 is 5.73 Å². The van der Waals surface area contributed by atoms with Crippen LogP contribution in [0.1, 0.15) is 24.6 Å².